The molecule has 0 spiro atoms. The average molecular weight is 325 g/mol. The fraction of sp³-hybridized carbons (Fsp3) is 0.250. The third-order valence-corrected chi connectivity index (χ3v) is 6.03. The maximum atomic E-state index is 2.54. The molecule has 0 unspecified atom stereocenters. The molecule has 0 aromatic heterocycles. The molecule has 0 saturated heterocycles. The van der Waals surface area contributed by atoms with Crippen molar-refractivity contribution >= 4 is 0 Å². The van der Waals surface area contributed by atoms with Crippen LogP contribution in [0.3, 0.4) is 0 Å². The second-order valence-electron chi connectivity index (χ2n) is 7.43. The van der Waals surface area contributed by atoms with E-state index < -0.39 is 0 Å². The predicted molar refractivity (Wildman–Crippen MR) is 103 cm³/mol. The average Bonchev–Trinajstić information content (AvgIpc) is 2.88. The summed E-state index contributed by atoms with van der Waals surface area (Å²) in [4.78, 5) is 2.54. The third-order valence-electron chi connectivity index (χ3n) is 6.03. The SMILES string of the molecule is CN1Cc2ccccc2[C@@H]1C1c2ccccc2CCc2ccccc21. The van der Waals surface area contributed by atoms with Gasteiger partial charge in [0.25, 0.3) is 0 Å². The molecule has 1 heterocycles. The molecule has 5 rings (SSSR count). The van der Waals surface area contributed by atoms with Crippen molar-refractivity contribution in [3.8, 4) is 0 Å². The summed E-state index contributed by atoms with van der Waals surface area (Å²) in [6.07, 6.45) is 2.28. The van der Waals surface area contributed by atoms with Crippen LogP contribution in [-0.2, 0) is 19.4 Å². The Labute approximate surface area is 149 Å². The van der Waals surface area contributed by atoms with E-state index in [1.807, 2.05) is 0 Å². The first-order valence-electron chi connectivity index (χ1n) is 9.26. The molecule has 3 aromatic carbocycles. The first-order chi connectivity index (χ1) is 12.3. The molecule has 3 aromatic rings. The minimum absolute atomic E-state index is 0.406. The van der Waals surface area contributed by atoms with Crippen LogP contribution < -0.4 is 0 Å². The fourth-order valence-corrected chi connectivity index (χ4v) is 4.91. The zero-order valence-corrected chi connectivity index (χ0v) is 14.7. The molecule has 0 fully saturated rings. The Kier molecular flexibility index (Phi) is 3.50. The van der Waals surface area contributed by atoms with Gasteiger partial charge in [-0.3, -0.25) is 4.90 Å². The molecule has 1 aliphatic heterocycles. The smallest absolute Gasteiger partial charge is 0.0461 e. The van der Waals surface area contributed by atoms with Gasteiger partial charge in [0, 0.05) is 18.5 Å². The number of rotatable bonds is 1. The monoisotopic (exact) mass is 325 g/mol. The zero-order chi connectivity index (χ0) is 16.8. The topological polar surface area (TPSA) is 3.24 Å². The van der Waals surface area contributed by atoms with Gasteiger partial charge in [0.1, 0.15) is 0 Å². The minimum atomic E-state index is 0.406. The summed E-state index contributed by atoms with van der Waals surface area (Å²) in [7, 11) is 2.28. The van der Waals surface area contributed by atoms with Crippen LogP contribution in [0.2, 0.25) is 0 Å². The van der Waals surface area contributed by atoms with Crippen LogP contribution in [-0.4, -0.2) is 11.9 Å². The highest BCUT2D eigenvalue weighted by Gasteiger charge is 2.37. The van der Waals surface area contributed by atoms with E-state index in [1.54, 1.807) is 0 Å². The lowest BCUT2D eigenvalue weighted by Gasteiger charge is -2.32. The molecule has 0 saturated carbocycles. The van der Waals surface area contributed by atoms with Gasteiger partial charge in [-0.05, 0) is 53.3 Å². The molecule has 2 aliphatic rings. The Morgan fingerprint density at radius 1 is 0.640 bits per heavy atom. The van der Waals surface area contributed by atoms with E-state index in [9.17, 15) is 0 Å². The summed E-state index contributed by atoms with van der Waals surface area (Å²) < 4.78 is 0. The second-order valence-corrected chi connectivity index (χ2v) is 7.43. The van der Waals surface area contributed by atoms with E-state index >= 15 is 0 Å². The molecule has 0 amide bonds. The van der Waals surface area contributed by atoms with Crippen molar-refractivity contribution in [3.63, 3.8) is 0 Å². The molecule has 0 bridgehead atoms. The predicted octanol–water partition coefficient (Wildman–Crippen LogP) is 5.10. The molecule has 1 aliphatic carbocycles. The van der Waals surface area contributed by atoms with Crippen LogP contribution in [0.5, 0.6) is 0 Å². The Hall–Kier alpha value is -2.38. The van der Waals surface area contributed by atoms with Crippen LogP contribution in [0, 0.1) is 0 Å². The van der Waals surface area contributed by atoms with Gasteiger partial charge in [-0.15, -0.1) is 0 Å². The first-order valence-corrected chi connectivity index (χ1v) is 9.26. The molecule has 0 N–H and O–H groups in total. The van der Waals surface area contributed by atoms with Gasteiger partial charge in [0.15, 0.2) is 0 Å². The van der Waals surface area contributed by atoms with E-state index in [0.717, 1.165) is 19.4 Å². The molecule has 25 heavy (non-hydrogen) atoms. The van der Waals surface area contributed by atoms with Crippen molar-refractivity contribution in [2.75, 3.05) is 7.05 Å². The Balaban J connectivity index is 1.75. The van der Waals surface area contributed by atoms with E-state index in [4.69, 9.17) is 0 Å². The van der Waals surface area contributed by atoms with Gasteiger partial charge in [-0.25, -0.2) is 0 Å². The van der Waals surface area contributed by atoms with Crippen molar-refractivity contribution in [2.24, 2.45) is 0 Å². The van der Waals surface area contributed by atoms with E-state index in [2.05, 4.69) is 84.7 Å². The van der Waals surface area contributed by atoms with Crippen LogP contribution >= 0.6 is 0 Å². The maximum absolute atomic E-state index is 2.54. The van der Waals surface area contributed by atoms with Gasteiger partial charge in [-0.1, -0.05) is 72.8 Å². The molecule has 124 valence electrons. The number of likely N-dealkylation sites (N-methyl/N-ethyl adjacent to an activating group) is 1. The fourth-order valence-electron chi connectivity index (χ4n) is 4.91. The van der Waals surface area contributed by atoms with Crippen LogP contribution in [0.4, 0.5) is 0 Å². The largest absolute Gasteiger partial charge is 0.294 e. The second kappa shape index (κ2) is 5.86. The normalized spacial score (nSPS) is 19.8. The number of hydrogen-bond donors (Lipinski definition) is 0. The lowest BCUT2D eigenvalue weighted by molar-refractivity contribution is 0.247. The summed E-state index contributed by atoms with van der Waals surface area (Å²) in [5.41, 5.74) is 9.04. The molecular formula is C24H23N. The molecule has 1 heteroatoms. The zero-order valence-electron chi connectivity index (χ0n) is 14.7. The van der Waals surface area contributed by atoms with Crippen molar-refractivity contribution in [1.29, 1.82) is 0 Å². The lowest BCUT2D eigenvalue weighted by atomic mass is 9.80. The van der Waals surface area contributed by atoms with Gasteiger partial charge < -0.3 is 0 Å². The van der Waals surface area contributed by atoms with Gasteiger partial charge >= 0.3 is 0 Å². The van der Waals surface area contributed by atoms with Crippen molar-refractivity contribution < 1.29 is 0 Å². The van der Waals surface area contributed by atoms with Crippen molar-refractivity contribution in [2.45, 2.75) is 31.3 Å². The Morgan fingerprint density at radius 2 is 1.12 bits per heavy atom. The number of hydrogen-bond acceptors (Lipinski definition) is 1. The molecule has 1 nitrogen and oxygen atoms in total. The van der Waals surface area contributed by atoms with Crippen LogP contribution in [0.25, 0.3) is 0 Å². The summed E-state index contributed by atoms with van der Waals surface area (Å²) in [5.74, 6) is 0.406. The van der Waals surface area contributed by atoms with Crippen LogP contribution in [0.1, 0.15) is 45.3 Å². The first kappa shape index (κ1) is 14.9. The number of fused-ring (bicyclic) bond motifs is 3. The van der Waals surface area contributed by atoms with Gasteiger partial charge in [-0.2, -0.15) is 0 Å². The summed E-state index contributed by atoms with van der Waals surface area (Å²) >= 11 is 0. The Bertz CT molecular complexity index is 879. The maximum Gasteiger partial charge on any atom is 0.0461 e. The van der Waals surface area contributed by atoms with E-state index in [1.165, 1.54) is 33.4 Å². The third kappa shape index (κ3) is 2.34. The number of aryl methyl sites for hydroxylation is 2. The van der Waals surface area contributed by atoms with E-state index in [0.29, 0.717) is 12.0 Å². The highest BCUT2D eigenvalue weighted by atomic mass is 15.2. The molecule has 0 radical (unpaired) electrons. The minimum Gasteiger partial charge on any atom is -0.294 e. The highest BCUT2D eigenvalue weighted by Crippen LogP contribution is 2.48. The van der Waals surface area contributed by atoms with Gasteiger partial charge in [0.2, 0.25) is 0 Å². The lowest BCUT2D eigenvalue weighted by Crippen LogP contribution is -2.24. The number of nitrogens with zero attached hydrogens (tertiary/aromatic N) is 1. The van der Waals surface area contributed by atoms with Gasteiger partial charge in [0.05, 0.1) is 0 Å². The van der Waals surface area contributed by atoms with E-state index in [-0.39, 0.29) is 0 Å². The van der Waals surface area contributed by atoms with Crippen LogP contribution in [0.15, 0.2) is 72.8 Å². The summed E-state index contributed by atoms with van der Waals surface area (Å²) in [6.45, 7) is 1.04. The molecule has 1 atom stereocenters. The van der Waals surface area contributed by atoms with Crippen molar-refractivity contribution in [3.05, 3.63) is 106 Å². The van der Waals surface area contributed by atoms with Crippen molar-refractivity contribution in [1.82, 2.24) is 4.90 Å². The molecular weight excluding hydrogens is 302 g/mol. The highest BCUT2D eigenvalue weighted by molar-refractivity contribution is 5.49. The summed E-state index contributed by atoms with van der Waals surface area (Å²) in [6, 6.07) is 27.6. The Morgan fingerprint density at radius 3 is 1.72 bits per heavy atom. The quantitative estimate of drug-likeness (QED) is 0.601. The number of benzene rings is 3. The standard InChI is InChI=1S/C24H23N/c1-25-16-19-10-4-7-13-22(19)24(25)23-20-11-5-2-8-17(20)14-15-18-9-3-6-12-21(18)23/h2-13,23-24H,14-16H2,1H3/t24-/m1/s1. The summed E-state index contributed by atoms with van der Waals surface area (Å²) in [5, 5.41) is 0.